The standard InChI is InChI=1S/C19H18ClN5.C18H17ClN6.C18H21N5.C17H16ClN5.C15H12ClN5.2CH4/c20-16-8-15(24-19-17-13(9-22-19)5-2-6-21-17)7-14-10-23-25(18(14)16)11-12-3-1-4-12;19-14-7-13(24-18-16-15(9-22-18)20-4-5-21-16)6-12-8-23-25(17(12)14)10-11-2-1-3-11;1-11(2)23-16-7-6-14(9-15(16)12(3)22-23)21-18-17-13(10-20-18)5-4-8-19-17;1-10(2)23-9-12-6-13(7-14(18)15(12)22-23)21-17-16-11(8-20-17)4-3-5-19-16;1-21-14-10(8-19-21)5-11(6-12(14)16)20-15-13-9(7-18-15)3-2-4-17-13;;/h2,5-8,10,12H,1,3-4,9,11H2,(H,22,24);4-8,11H,1-3,9-10H2,(H,22,24);4-9,11,15-16H,10H2,1-3H3,(H,20,21);3-7,9-10H,8H2,1-2H3,(H,20,21);2-6,8H,7H2,1H3,(H,18,20);2*1H4. The minimum Gasteiger partial charge on any atom is -0.339 e. The summed E-state index contributed by atoms with van der Waals surface area (Å²) >= 11 is 25.9. The molecule has 0 saturated heterocycles. The predicted octanol–water partition coefficient (Wildman–Crippen LogP) is 18.7. The van der Waals surface area contributed by atoms with E-state index in [1.54, 1.807) is 41.9 Å². The van der Waals surface area contributed by atoms with Crippen LogP contribution in [-0.2, 0) is 52.9 Å². The van der Waals surface area contributed by atoms with E-state index >= 15 is 0 Å². The van der Waals surface area contributed by atoms with Gasteiger partial charge in [0.25, 0.3) is 0 Å². The third-order valence-corrected chi connectivity index (χ3v) is 23.3. The Hall–Kier alpha value is -12.1. The topological polar surface area (TPSA) is 286 Å². The van der Waals surface area contributed by atoms with Crippen LogP contribution in [0.2, 0.25) is 20.1 Å². The molecule has 9 aromatic heterocycles. The van der Waals surface area contributed by atoms with Gasteiger partial charge >= 0.3 is 0 Å². The predicted molar refractivity (Wildman–Crippen MR) is 481 cm³/mol. The van der Waals surface area contributed by atoms with E-state index in [4.69, 9.17) is 51.5 Å². The van der Waals surface area contributed by atoms with Crippen molar-refractivity contribution in [1.82, 2.24) is 79.4 Å². The Morgan fingerprint density at radius 1 is 0.454 bits per heavy atom. The molecule has 606 valence electrons. The van der Waals surface area contributed by atoms with E-state index in [0.717, 1.165) is 182 Å². The van der Waals surface area contributed by atoms with Gasteiger partial charge in [0, 0.05) is 159 Å². The molecule has 15 heterocycles. The largest absolute Gasteiger partial charge is 0.339 e. The number of amidine groups is 5. The molecule has 2 fully saturated rings. The highest BCUT2D eigenvalue weighted by Gasteiger charge is 2.36. The molecule has 6 aliphatic heterocycles. The lowest BCUT2D eigenvalue weighted by molar-refractivity contribution is 0.199. The van der Waals surface area contributed by atoms with Crippen LogP contribution in [0.5, 0.6) is 0 Å². The maximum Gasteiger partial charge on any atom is 0.154 e. The van der Waals surface area contributed by atoms with Crippen molar-refractivity contribution in [3.05, 3.63) is 259 Å². The average Bonchev–Trinajstić information content (AvgIpc) is 1.66. The van der Waals surface area contributed by atoms with E-state index in [0.29, 0.717) is 71.8 Å². The Labute approximate surface area is 710 Å². The van der Waals surface area contributed by atoms with Crippen LogP contribution in [0.4, 0.5) is 22.7 Å². The maximum atomic E-state index is 6.58. The number of hydrazone groups is 1. The minimum atomic E-state index is 0. The van der Waals surface area contributed by atoms with Gasteiger partial charge in [-0.25, -0.2) is 4.98 Å². The Bertz CT molecular complexity index is 6130. The van der Waals surface area contributed by atoms with Crippen LogP contribution in [0, 0.1) is 17.8 Å². The zero-order chi connectivity index (χ0) is 80.0. The van der Waals surface area contributed by atoms with E-state index in [1.807, 2.05) is 114 Å². The molecule has 2 unspecified atom stereocenters. The van der Waals surface area contributed by atoms with E-state index in [2.05, 4.69) is 189 Å². The SMILES string of the molecule is C.C.CC(C)n1cc2cc(NC3=NCc4cccnc43)cc(Cl)c2n1.CC1=NN(C(C)C)C2C=CC(NC3=NCc4cccnc43)=CC12.Clc1cc(NC2=NCc3cccnc32)cc2cnn(CC3CCC3)c12.Clc1cc(NC2=NCc3nccnc32)cc2cnn(CC3CCC3)c12.Cn1ncc2cc(NC3=NCc4cccnc43)cc(Cl)c21. The van der Waals surface area contributed by atoms with Crippen LogP contribution in [0.3, 0.4) is 0 Å². The van der Waals surface area contributed by atoms with Crippen LogP contribution >= 0.6 is 46.4 Å². The van der Waals surface area contributed by atoms with Crippen LogP contribution in [-0.4, -0.2) is 121 Å². The van der Waals surface area contributed by atoms with E-state index in [-0.39, 0.29) is 14.9 Å². The van der Waals surface area contributed by atoms with Gasteiger partial charge in [-0.05, 0) is 157 Å². The van der Waals surface area contributed by atoms with Gasteiger partial charge in [0.2, 0.25) is 0 Å². The number of hydrogen-bond donors (Lipinski definition) is 5. The molecule has 0 bridgehead atoms. The fourth-order valence-corrected chi connectivity index (χ4v) is 17.0. The second kappa shape index (κ2) is 34.8. The smallest absolute Gasteiger partial charge is 0.154 e. The van der Waals surface area contributed by atoms with Gasteiger partial charge in [0.1, 0.15) is 34.0 Å². The first-order valence-corrected chi connectivity index (χ1v) is 41.0. The van der Waals surface area contributed by atoms with Crippen molar-refractivity contribution in [2.75, 3.05) is 21.3 Å². The molecule has 22 rings (SSSR count). The molecule has 13 aromatic rings. The zero-order valence-corrected chi connectivity index (χ0v) is 68.3. The van der Waals surface area contributed by atoms with Gasteiger partial charge in [0.15, 0.2) is 29.2 Å². The van der Waals surface area contributed by atoms with E-state index in [1.165, 1.54) is 49.8 Å². The summed E-state index contributed by atoms with van der Waals surface area (Å²) in [4.78, 5) is 49.0. The van der Waals surface area contributed by atoms with Crippen molar-refractivity contribution < 1.29 is 0 Å². The van der Waals surface area contributed by atoms with Crippen LogP contribution in [0.1, 0.15) is 150 Å². The van der Waals surface area contributed by atoms with Crippen molar-refractivity contribution in [2.45, 2.75) is 152 Å². The van der Waals surface area contributed by atoms with Crippen molar-refractivity contribution in [1.29, 1.82) is 0 Å². The van der Waals surface area contributed by atoms with E-state index in [9.17, 15) is 0 Å². The first kappa shape index (κ1) is 80.7. The quantitative estimate of drug-likeness (QED) is 0.0804. The summed E-state index contributed by atoms with van der Waals surface area (Å²) in [6, 6.07) is 32.8. The molecule has 119 heavy (non-hydrogen) atoms. The highest BCUT2D eigenvalue weighted by molar-refractivity contribution is 6.37. The van der Waals surface area contributed by atoms with Crippen molar-refractivity contribution in [2.24, 2.45) is 54.9 Å². The molecule has 0 spiro atoms. The number of nitrogens with one attached hydrogen (secondary N) is 5. The lowest BCUT2D eigenvalue weighted by Gasteiger charge is -2.29. The number of allylic oxidation sites excluding steroid dienone is 1. The number of nitrogens with zero attached hydrogens (tertiary/aromatic N) is 21. The molecule has 2 atom stereocenters. The Morgan fingerprint density at radius 2 is 0.866 bits per heavy atom. The monoisotopic (exact) mass is 1660 g/mol. The number of benzene rings is 4. The second-order valence-electron chi connectivity index (χ2n) is 30.9. The summed E-state index contributed by atoms with van der Waals surface area (Å²) in [5, 5.41) is 48.3. The average molecular weight is 1670 g/mol. The molecular formula is C89H92Cl4N26. The number of rotatable bonds is 11. The number of halogens is 4. The Morgan fingerprint density at radius 3 is 1.33 bits per heavy atom. The number of fused-ring (bicyclic) bond motifs is 10. The van der Waals surface area contributed by atoms with Crippen LogP contribution in [0.25, 0.3) is 43.6 Å². The first-order chi connectivity index (χ1) is 57.0. The molecular weight excluding hydrogens is 1570 g/mol. The van der Waals surface area contributed by atoms with Crippen molar-refractivity contribution in [3.8, 4) is 0 Å². The summed E-state index contributed by atoms with van der Waals surface area (Å²) in [6.07, 6.45) is 32.6. The van der Waals surface area contributed by atoms with Gasteiger partial charge in [-0.3, -0.25) is 73.6 Å². The van der Waals surface area contributed by atoms with Gasteiger partial charge < -0.3 is 26.6 Å². The normalized spacial score (nSPS) is 16.8. The number of pyridine rings is 4. The number of aryl methyl sites for hydroxylation is 1. The summed E-state index contributed by atoms with van der Waals surface area (Å²) in [5.74, 6) is 5.77. The van der Waals surface area contributed by atoms with Gasteiger partial charge in [0.05, 0.1) is 99.7 Å². The minimum absolute atomic E-state index is 0. The molecule has 0 amide bonds. The summed E-state index contributed by atoms with van der Waals surface area (Å²) in [5.41, 5.74) is 19.6. The Balaban J connectivity index is 0.000000111. The molecule has 2 saturated carbocycles. The fraction of sp³-hybridized carbons (Fsp3) is 0.303. The number of hydrogen-bond acceptors (Lipinski definition) is 22. The number of aliphatic imine (C=N–C) groups is 5. The molecule has 5 N–H and O–H groups in total. The summed E-state index contributed by atoms with van der Waals surface area (Å²) < 4.78 is 7.78. The summed E-state index contributed by atoms with van der Waals surface area (Å²) in [6.45, 7) is 15.8. The van der Waals surface area contributed by atoms with Crippen LogP contribution < -0.4 is 26.6 Å². The lowest BCUT2D eigenvalue weighted by Crippen LogP contribution is -2.37. The molecule has 4 aromatic carbocycles. The third kappa shape index (κ3) is 16.9. The van der Waals surface area contributed by atoms with Gasteiger partial charge in [-0.15, -0.1) is 0 Å². The lowest BCUT2D eigenvalue weighted by atomic mass is 9.85. The summed E-state index contributed by atoms with van der Waals surface area (Å²) in [7, 11) is 1.88. The molecule has 30 heteroatoms. The highest BCUT2D eigenvalue weighted by Crippen LogP contribution is 2.38. The van der Waals surface area contributed by atoms with Crippen molar-refractivity contribution in [3.63, 3.8) is 0 Å². The van der Waals surface area contributed by atoms with Gasteiger partial charge in [-0.2, -0.15) is 25.5 Å². The Kier molecular flexibility index (Phi) is 23.6. The fourth-order valence-electron chi connectivity index (χ4n) is 15.7. The first-order valence-electron chi connectivity index (χ1n) is 39.5. The van der Waals surface area contributed by atoms with Gasteiger partial charge in [-0.1, -0.05) is 104 Å². The number of anilines is 4. The third-order valence-electron chi connectivity index (χ3n) is 22.2. The molecule has 9 aliphatic rings. The zero-order valence-electron chi connectivity index (χ0n) is 65.3. The molecule has 26 nitrogen and oxygen atoms in total. The number of aromatic nitrogens is 14. The van der Waals surface area contributed by atoms with Crippen LogP contribution in [0.15, 0.2) is 213 Å². The second-order valence-corrected chi connectivity index (χ2v) is 32.5. The highest BCUT2D eigenvalue weighted by atomic mass is 35.5. The van der Waals surface area contributed by atoms with E-state index < -0.39 is 0 Å². The van der Waals surface area contributed by atoms with Crippen molar-refractivity contribution >= 4 is 148 Å². The molecule has 3 aliphatic carbocycles. The molecule has 0 radical (unpaired) electrons. The maximum absolute atomic E-state index is 6.58.